The Morgan fingerprint density at radius 1 is 1.78 bits per heavy atom. The van der Waals surface area contributed by atoms with Crippen molar-refractivity contribution in [3.8, 4) is 0 Å². The molecule has 1 fully saturated rings. The third kappa shape index (κ3) is 1.19. The first-order valence-corrected chi connectivity index (χ1v) is 3.44. The normalized spacial score (nSPS) is 21.9. The molecule has 5 nitrogen and oxygen atoms in total. The fraction of sp³-hybridized carbons (Fsp3) is 0.667. The van der Waals surface area contributed by atoms with Gasteiger partial charge >= 0.3 is 6.03 Å². The van der Waals surface area contributed by atoms with Crippen molar-refractivity contribution in [3.63, 3.8) is 0 Å². The summed E-state index contributed by atoms with van der Waals surface area (Å²) < 4.78 is 19.4. The predicted molar refractivity (Wildman–Crippen MR) is 30.9 cm³/mol. The summed E-state index contributed by atoms with van der Waals surface area (Å²) >= 11 is -2.15. The Hall–Kier alpha value is -0.620. The monoisotopic (exact) mass is 150 g/mol. The maximum atomic E-state index is 10.5. The van der Waals surface area contributed by atoms with Gasteiger partial charge in [0.2, 0.25) is 0 Å². The molecule has 0 aliphatic carbocycles. The van der Waals surface area contributed by atoms with E-state index in [1.165, 1.54) is 0 Å². The molecule has 1 rings (SSSR count). The molecule has 1 aliphatic rings. The Labute approximate surface area is 54.4 Å². The first-order valence-electron chi connectivity index (χ1n) is 2.38. The van der Waals surface area contributed by atoms with Crippen LogP contribution in [-0.4, -0.2) is 32.2 Å². The lowest BCUT2D eigenvalue weighted by molar-refractivity contribution is 0.235. The van der Waals surface area contributed by atoms with E-state index in [2.05, 4.69) is 5.32 Å². The van der Waals surface area contributed by atoms with E-state index in [4.69, 9.17) is 4.55 Å². The third-order valence-electron chi connectivity index (χ3n) is 1.01. The van der Waals surface area contributed by atoms with E-state index in [9.17, 15) is 9.00 Å². The molecule has 0 aromatic rings. The molecule has 1 saturated heterocycles. The summed E-state index contributed by atoms with van der Waals surface area (Å²) in [7, 11) is 0. The van der Waals surface area contributed by atoms with Gasteiger partial charge in [0.25, 0.3) is 11.3 Å². The van der Waals surface area contributed by atoms with Crippen molar-refractivity contribution in [2.24, 2.45) is 0 Å². The van der Waals surface area contributed by atoms with Crippen LogP contribution in [-0.2, 0) is 11.3 Å². The SMILES string of the molecule is O=C1NCCN1S(=O)O. The van der Waals surface area contributed by atoms with Gasteiger partial charge in [-0.25, -0.2) is 13.3 Å². The van der Waals surface area contributed by atoms with Gasteiger partial charge in [0.05, 0.1) is 6.54 Å². The van der Waals surface area contributed by atoms with Gasteiger partial charge in [0.1, 0.15) is 0 Å². The summed E-state index contributed by atoms with van der Waals surface area (Å²) in [5, 5.41) is 2.38. The van der Waals surface area contributed by atoms with Crippen molar-refractivity contribution in [1.82, 2.24) is 9.62 Å². The highest BCUT2D eigenvalue weighted by Crippen LogP contribution is 1.97. The molecular weight excluding hydrogens is 144 g/mol. The Morgan fingerprint density at radius 2 is 2.44 bits per heavy atom. The van der Waals surface area contributed by atoms with Crippen LogP contribution in [0.25, 0.3) is 0 Å². The molecule has 9 heavy (non-hydrogen) atoms. The van der Waals surface area contributed by atoms with E-state index in [1.54, 1.807) is 0 Å². The molecule has 1 heterocycles. The molecule has 6 heteroatoms. The lowest BCUT2D eigenvalue weighted by atomic mass is 10.7. The highest BCUT2D eigenvalue weighted by atomic mass is 32.2. The zero-order valence-corrected chi connectivity index (χ0v) is 5.35. The number of nitrogens with one attached hydrogen (secondary N) is 1. The van der Waals surface area contributed by atoms with Gasteiger partial charge in [-0.1, -0.05) is 0 Å². The molecule has 2 N–H and O–H groups in total. The third-order valence-corrected chi connectivity index (χ3v) is 1.73. The smallest absolute Gasteiger partial charge is 0.331 e. The summed E-state index contributed by atoms with van der Waals surface area (Å²) in [5.74, 6) is 0. The molecule has 52 valence electrons. The van der Waals surface area contributed by atoms with Crippen LogP contribution in [0.4, 0.5) is 4.79 Å². The zero-order valence-electron chi connectivity index (χ0n) is 4.53. The minimum absolute atomic E-state index is 0.307. The van der Waals surface area contributed by atoms with Crippen LogP contribution >= 0.6 is 0 Å². The molecule has 0 spiro atoms. The van der Waals surface area contributed by atoms with Gasteiger partial charge in [-0.3, -0.25) is 4.55 Å². The summed E-state index contributed by atoms with van der Waals surface area (Å²) in [6, 6.07) is -0.476. The summed E-state index contributed by atoms with van der Waals surface area (Å²) in [4.78, 5) is 10.5. The summed E-state index contributed by atoms with van der Waals surface area (Å²) in [6.07, 6.45) is 0. The van der Waals surface area contributed by atoms with Crippen molar-refractivity contribution in [1.29, 1.82) is 0 Å². The second-order valence-corrected chi connectivity index (χ2v) is 2.47. The quantitative estimate of drug-likeness (QED) is 0.478. The van der Waals surface area contributed by atoms with Crippen LogP contribution in [0.2, 0.25) is 0 Å². The van der Waals surface area contributed by atoms with E-state index in [0.717, 1.165) is 4.31 Å². The average molecular weight is 150 g/mol. The summed E-state index contributed by atoms with van der Waals surface area (Å²) in [5.41, 5.74) is 0. The van der Waals surface area contributed by atoms with Crippen molar-refractivity contribution in [2.75, 3.05) is 13.1 Å². The van der Waals surface area contributed by atoms with Crippen LogP contribution in [0.1, 0.15) is 0 Å². The maximum absolute atomic E-state index is 10.5. The number of urea groups is 1. The minimum Gasteiger partial charge on any atom is -0.335 e. The predicted octanol–water partition coefficient (Wildman–Crippen LogP) is -0.852. The molecule has 0 aromatic heterocycles. The van der Waals surface area contributed by atoms with Gasteiger partial charge in [-0.05, 0) is 0 Å². The van der Waals surface area contributed by atoms with Crippen molar-refractivity contribution >= 4 is 17.3 Å². The first-order chi connectivity index (χ1) is 4.22. The van der Waals surface area contributed by atoms with Crippen molar-refractivity contribution in [2.45, 2.75) is 0 Å². The number of hydrogen-bond acceptors (Lipinski definition) is 2. The molecule has 1 atom stereocenters. The Balaban J connectivity index is 2.60. The van der Waals surface area contributed by atoms with Gasteiger partial charge in [-0.2, -0.15) is 0 Å². The Bertz CT molecular complexity index is 159. The van der Waals surface area contributed by atoms with Crippen LogP contribution < -0.4 is 5.32 Å². The van der Waals surface area contributed by atoms with Crippen LogP contribution in [0.15, 0.2) is 0 Å². The Kier molecular flexibility index (Phi) is 1.68. The molecule has 1 unspecified atom stereocenters. The minimum atomic E-state index is -2.15. The highest BCUT2D eigenvalue weighted by Gasteiger charge is 2.23. The molecule has 0 aromatic carbocycles. The van der Waals surface area contributed by atoms with Crippen molar-refractivity contribution < 1.29 is 13.6 Å². The molecule has 2 amide bonds. The van der Waals surface area contributed by atoms with E-state index in [0.29, 0.717) is 13.1 Å². The number of carbonyl (C=O) groups excluding carboxylic acids is 1. The van der Waals surface area contributed by atoms with Gasteiger partial charge in [0.15, 0.2) is 0 Å². The number of amides is 2. The second kappa shape index (κ2) is 2.32. The number of hydrogen-bond donors (Lipinski definition) is 2. The molecular formula is C3H6N2O3S. The lowest BCUT2D eigenvalue weighted by Gasteiger charge is -2.04. The number of nitrogens with zero attached hydrogens (tertiary/aromatic N) is 1. The number of carbonyl (C=O) groups is 1. The fourth-order valence-electron chi connectivity index (χ4n) is 0.603. The van der Waals surface area contributed by atoms with Gasteiger partial charge in [-0.15, -0.1) is 0 Å². The maximum Gasteiger partial charge on any atom is 0.331 e. The van der Waals surface area contributed by atoms with Gasteiger partial charge < -0.3 is 5.32 Å². The lowest BCUT2D eigenvalue weighted by Crippen LogP contribution is -2.29. The van der Waals surface area contributed by atoms with E-state index >= 15 is 0 Å². The standard InChI is InChI=1S/C3H6N2O3S/c6-3-4-1-2-5(3)9(7)8/h1-2H2,(H,4,6)(H,7,8). The van der Waals surface area contributed by atoms with Crippen LogP contribution in [0.3, 0.4) is 0 Å². The highest BCUT2D eigenvalue weighted by molar-refractivity contribution is 7.77. The number of rotatable bonds is 1. The van der Waals surface area contributed by atoms with Gasteiger partial charge in [0, 0.05) is 6.54 Å². The Morgan fingerprint density at radius 3 is 2.67 bits per heavy atom. The van der Waals surface area contributed by atoms with Crippen LogP contribution in [0.5, 0.6) is 0 Å². The first kappa shape index (κ1) is 6.50. The van der Waals surface area contributed by atoms with E-state index in [1.807, 2.05) is 0 Å². The topological polar surface area (TPSA) is 69.6 Å². The molecule has 0 radical (unpaired) electrons. The van der Waals surface area contributed by atoms with E-state index < -0.39 is 17.3 Å². The average Bonchev–Trinajstić information content (AvgIpc) is 2.13. The second-order valence-electron chi connectivity index (χ2n) is 1.56. The summed E-state index contributed by atoms with van der Waals surface area (Å²) in [6.45, 7) is 0.757. The van der Waals surface area contributed by atoms with Crippen LogP contribution in [0, 0.1) is 0 Å². The fourth-order valence-corrected chi connectivity index (χ4v) is 1.06. The molecule has 0 bridgehead atoms. The van der Waals surface area contributed by atoms with Crippen molar-refractivity contribution in [3.05, 3.63) is 0 Å². The molecule has 0 saturated carbocycles. The largest absolute Gasteiger partial charge is 0.335 e. The van der Waals surface area contributed by atoms with E-state index in [-0.39, 0.29) is 0 Å². The molecule has 1 aliphatic heterocycles. The zero-order chi connectivity index (χ0) is 6.85.